The number of carbonyl (C=O) groups excluding carboxylic acids is 1. The molecule has 0 unspecified atom stereocenters. The van der Waals surface area contributed by atoms with Gasteiger partial charge in [-0.3, -0.25) is 4.79 Å². The highest BCUT2D eigenvalue weighted by atomic mass is 28.4. The topological polar surface area (TPSA) is 55.8 Å². The highest BCUT2D eigenvalue weighted by molar-refractivity contribution is 6.74. The van der Waals surface area contributed by atoms with Crippen molar-refractivity contribution >= 4 is 14.3 Å². The van der Waals surface area contributed by atoms with Gasteiger partial charge in [0.1, 0.15) is 0 Å². The van der Waals surface area contributed by atoms with Crippen molar-refractivity contribution in [2.24, 2.45) is 11.8 Å². The van der Waals surface area contributed by atoms with E-state index in [1.54, 1.807) is 0 Å². The van der Waals surface area contributed by atoms with Crippen LogP contribution in [-0.4, -0.2) is 38.7 Å². The zero-order valence-corrected chi connectivity index (χ0v) is 15.3. The maximum atomic E-state index is 11.0. The minimum Gasteiger partial charge on any atom is -0.465 e. The molecule has 0 spiro atoms. The van der Waals surface area contributed by atoms with Crippen LogP contribution in [0.2, 0.25) is 18.1 Å². The van der Waals surface area contributed by atoms with Crippen molar-refractivity contribution in [1.82, 2.24) is 0 Å². The number of carbonyl (C=O) groups is 1. The highest BCUT2D eigenvalue weighted by Gasteiger charge is 2.41. The van der Waals surface area contributed by atoms with Gasteiger partial charge in [-0.05, 0) is 18.1 Å². The number of hydrogen-bond acceptors (Lipinski definition) is 4. The van der Waals surface area contributed by atoms with Gasteiger partial charge in [-0.1, -0.05) is 34.6 Å². The molecule has 0 aliphatic rings. The number of hydrogen-bond donors (Lipinski definition) is 1. The normalized spacial score (nSPS) is 17.4. The maximum Gasteiger partial charge on any atom is 0.302 e. The van der Waals surface area contributed by atoms with Crippen LogP contribution in [0.4, 0.5) is 0 Å². The number of ether oxygens (including phenoxy) is 1. The van der Waals surface area contributed by atoms with E-state index in [0.717, 1.165) is 0 Å². The van der Waals surface area contributed by atoms with Crippen molar-refractivity contribution in [2.75, 3.05) is 13.2 Å². The predicted molar refractivity (Wildman–Crippen MR) is 84.1 cm³/mol. The van der Waals surface area contributed by atoms with Gasteiger partial charge in [0.2, 0.25) is 0 Å². The SMILES string of the molecule is CC(=O)OC[C@H](C)[C@H](O[Si](C)(C)C(C)(C)C)[C@H](C)CO. The van der Waals surface area contributed by atoms with Crippen LogP contribution in [0.25, 0.3) is 0 Å². The van der Waals surface area contributed by atoms with E-state index in [1.807, 2.05) is 13.8 Å². The van der Waals surface area contributed by atoms with Crippen LogP contribution in [0, 0.1) is 11.8 Å². The van der Waals surface area contributed by atoms with Crippen molar-refractivity contribution < 1.29 is 19.1 Å². The molecule has 0 rings (SSSR count). The molecule has 0 amide bonds. The molecule has 0 saturated heterocycles. The number of aliphatic hydroxyl groups is 1. The van der Waals surface area contributed by atoms with E-state index in [9.17, 15) is 9.90 Å². The lowest BCUT2D eigenvalue weighted by atomic mass is 9.95. The van der Waals surface area contributed by atoms with Crippen LogP contribution in [0.1, 0.15) is 41.5 Å². The minimum absolute atomic E-state index is 0.0229. The molecular weight excluding hydrogens is 272 g/mol. The van der Waals surface area contributed by atoms with Gasteiger partial charge in [-0.2, -0.15) is 0 Å². The fraction of sp³-hybridized carbons (Fsp3) is 0.933. The van der Waals surface area contributed by atoms with E-state index in [2.05, 4.69) is 33.9 Å². The summed E-state index contributed by atoms with van der Waals surface area (Å²) in [6.07, 6.45) is -0.0970. The summed E-state index contributed by atoms with van der Waals surface area (Å²) < 4.78 is 11.5. The molecular formula is C15H32O4Si. The monoisotopic (exact) mass is 304 g/mol. The Morgan fingerprint density at radius 1 is 1.20 bits per heavy atom. The third kappa shape index (κ3) is 5.93. The molecule has 5 heteroatoms. The Bertz CT molecular complexity index is 309. The first-order valence-electron chi connectivity index (χ1n) is 7.34. The molecule has 0 heterocycles. The standard InChI is InChI=1S/C15H32O4Si/c1-11(9-16)14(12(2)10-18-13(3)17)19-20(7,8)15(4,5)6/h11-12,14,16H,9-10H2,1-8H3/t11-,12+,14-/m1/s1. The van der Waals surface area contributed by atoms with Crippen LogP contribution in [0.3, 0.4) is 0 Å². The Hall–Kier alpha value is -0.393. The van der Waals surface area contributed by atoms with Gasteiger partial charge >= 0.3 is 5.97 Å². The summed E-state index contributed by atoms with van der Waals surface area (Å²) in [6, 6.07) is 0. The summed E-state index contributed by atoms with van der Waals surface area (Å²) in [7, 11) is -1.92. The molecule has 0 aromatic rings. The van der Waals surface area contributed by atoms with E-state index in [-0.39, 0.29) is 35.6 Å². The lowest BCUT2D eigenvalue weighted by Crippen LogP contribution is -2.48. The fourth-order valence-electron chi connectivity index (χ4n) is 1.76. The van der Waals surface area contributed by atoms with Crippen LogP contribution in [0.15, 0.2) is 0 Å². The van der Waals surface area contributed by atoms with Gasteiger partial charge in [0.15, 0.2) is 8.32 Å². The second-order valence-electron chi connectivity index (χ2n) is 7.28. The van der Waals surface area contributed by atoms with E-state index >= 15 is 0 Å². The van der Waals surface area contributed by atoms with Gasteiger partial charge in [-0.25, -0.2) is 0 Å². The number of rotatable bonds is 7. The van der Waals surface area contributed by atoms with Crippen molar-refractivity contribution in [3.05, 3.63) is 0 Å². The molecule has 0 saturated carbocycles. The summed E-state index contributed by atoms with van der Waals surface area (Å²) in [5, 5.41) is 9.57. The van der Waals surface area contributed by atoms with E-state index in [1.165, 1.54) is 6.92 Å². The lowest BCUT2D eigenvalue weighted by molar-refractivity contribution is -0.143. The molecule has 4 nitrogen and oxygen atoms in total. The average molecular weight is 305 g/mol. The molecule has 0 aromatic carbocycles. The Balaban J connectivity index is 4.94. The number of aliphatic hydroxyl groups excluding tert-OH is 1. The zero-order valence-electron chi connectivity index (χ0n) is 14.3. The van der Waals surface area contributed by atoms with Crippen molar-refractivity contribution in [3.8, 4) is 0 Å². The molecule has 0 aliphatic carbocycles. The molecule has 20 heavy (non-hydrogen) atoms. The van der Waals surface area contributed by atoms with Crippen molar-refractivity contribution in [3.63, 3.8) is 0 Å². The molecule has 1 N–H and O–H groups in total. The quantitative estimate of drug-likeness (QED) is 0.579. The fourth-order valence-corrected chi connectivity index (χ4v) is 3.26. The molecule has 0 fully saturated rings. The van der Waals surface area contributed by atoms with E-state index < -0.39 is 8.32 Å². The Kier molecular flexibility index (Phi) is 7.42. The summed E-state index contributed by atoms with van der Waals surface area (Å²) in [6.45, 7) is 16.8. The number of esters is 1. The van der Waals surface area contributed by atoms with Crippen LogP contribution in [0.5, 0.6) is 0 Å². The lowest BCUT2D eigenvalue weighted by Gasteiger charge is -2.42. The van der Waals surface area contributed by atoms with Crippen molar-refractivity contribution in [2.45, 2.75) is 65.8 Å². The third-order valence-electron chi connectivity index (χ3n) is 4.20. The maximum absolute atomic E-state index is 11.0. The van der Waals surface area contributed by atoms with E-state index in [0.29, 0.717) is 6.61 Å². The summed E-state index contributed by atoms with van der Waals surface area (Å²) in [5.41, 5.74) is 0. The predicted octanol–water partition coefficient (Wildman–Crippen LogP) is 3.20. The summed E-state index contributed by atoms with van der Waals surface area (Å²) >= 11 is 0. The molecule has 0 aliphatic heterocycles. The zero-order chi connectivity index (χ0) is 16.1. The molecule has 0 bridgehead atoms. The summed E-state index contributed by atoms with van der Waals surface area (Å²) in [5.74, 6) is -0.190. The smallest absolute Gasteiger partial charge is 0.302 e. The second kappa shape index (κ2) is 7.57. The van der Waals surface area contributed by atoms with Gasteiger partial charge in [0, 0.05) is 25.4 Å². The molecule has 0 aromatic heterocycles. The first-order valence-corrected chi connectivity index (χ1v) is 10.2. The Morgan fingerprint density at radius 2 is 1.70 bits per heavy atom. The van der Waals surface area contributed by atoms with Gasteiger partial charge in [0.25, 0.3) is 0 Å². The van der Waals surface area contributed by atoms with Crippen LogP contribution < -0.4 is 0 Å². The first kappa shape index (κ1) is 19.6. The van der Waals surface area contributed by atoms with Crippen LogP contribution in [-0.2, 0) is 14.0 Å². The average Bonchev–Trinajstić information content (AvgIpc) is 2.30. The van der Waals surface area contributed by atoms with Gasteiger partial charge in [-0.15, -0.1) is 0 Å². The van der Waals surface area contributed by atoms with Gasteiger partial charge < -0.3 is 14.3 Å². The highest BCUT2D eigenvalue weighted by Crippen LogP contribution is 2.39. The third-order valence-corrected chi connectivity index (χ3v) is 8.67. The first-order chi connectivity index (χ1) is 8.92. The molecule has 120 valence electrons. The van der Waals surface area contributed by atoms with Gasteiger partial charge in [0.05, 0.1) is 12.7 Å². The molecule has 3 atom stereocenters. The molecule has 0 radical (unpaired) electrons. The minimum atomic E-state index is -1.92. The second-order valence-corrected chi connectivity index (χ2v) is 12.0. The van der Waals surface area contributed by atoms with E-state index in [4.69, 9.17) is 9.16 Å². The van der Waals surface area contributed by atoms with Crippen molar-refractivity contribution in [1.29, 1.82) is 0 Å². The largest absolute Gasteiger partial charge is 0.465 e. The summed E-state index contributed by atoms with van der Waals surface area (Å²) in [4.78, 5) is 11.0. The Morgan fingerprint density at radius 3 is 2.05 bits per heavy atom. The Labute approximate surface area is 125 Å². The van der Waals surface area contributed by atoms with Crippen LogP contribution >= 0.6 is 0 Å².